The number of fused-ring (bicyclic) bond motifs is 1. The topological polar surface area (TPSA) is 85.6 Å². The second-order valence-corrected chi connectivity index (χ2v) is 13.0. The maximum Gasteiger partial charge on any atom is 0.307 e. The minimum absolute atomic E-state index is 0.0450. The first-order valence-corrected chi connectivity index (χ1v) is 15.5. The van der Waals surface area contributed by atoms with E-state index in [1.807, 2.05) is 37.3 Å². The van der Waals surface area contributed by atoms with E-state index in [2.05, 4.69) is 9.88 Å². The van der Waals surface area contributed by atoms with Gasteiger partial charge in [-0.05, 0) is 50.7 Å². The molecule has 2 aliphatic heterocycles. The Morgan fingerprint density at radius 3 is 2.45 bits per heavy atom. The highest BCUT2D eigenvalue weighted by molar-refractivity contribution is 7.87. The van der Waals surface area contributed by atoms with Gasteiger partial charge in [0.25, 0.3) is 5.91 Å². The molecule has 1 amide bonds. The summed E-state index contributed by atoms with van der Waals surface area (Å²) in [6, 6.07) is 9.73. The van der Waals surface area contributed by atoms with Gasteiger partial charge in [0.05, 0.1) is 36.0 Å². The fourth-order valence-electron chi connectivity index (χ4n) is 6.31. The van der Waals surface area contributed by atoms with Gasteiger partial charge in [-0.1, -0.05) is 43.9 Å². The maximum atomic E-state index is 13.8. The normalized spacial score (nSPS) is 20.0. The lowest BCUT2D eigenvalue weighted by Gasteiger charge is -2.27. The third-order valence-electron chi connectivity index (χ3n) is 8.59. The molecule has 0 unspecified atom stereocenters. The van der Waals surface area contributed by atoms with E-state index in [4.69, 9.17) is 4.74 Å². The molecule has 1 aliphatic carbocycles. The molecule has 2 saturated heterocycles. The standard InChI is InChI=1S/C29H38N4O4S/c1-21-25(29(34)30-23-19-37-20-23)16-28(32(21)17-22-10-4-2-5-11-22)26-18-33(27-13-7-6-12-24(26)27)38(35,36)31-14-8-3-9-15-31/h6-7,12-13,16,18,22-23H,2-5,8-11,14-15,17,19-20H2,1H3,(H,30,34). The van der Waals surface area contributed by atoms with Gasteiger partial charge < -0.3 is 14.6 Å². The summed E-state index contributed by atoms with van der Waals surface area (Å²) in [7, 11) is -3.70. The third-order valence-corrected chi connectivity index (χ3v) is 10.4. The largest absolute Gasteiger partial charge is 0.377 e. The summed E-state index contributed by atoms with van der Waals surface area (Å²) >= 11 is 0. The van der Waals surface area contributed by atoms with E-state index in [0.29, 0.717) is 43.3 Å². The number of carbonyl (C=O) groups excluding carboxylic acids is 1. The molecule has 0 radical (unpaired) electrons. The van der Waals surface area contributed by atoms with E-state index in [0.717, 1.165) is 48.1 Å². The summed E-state index contributed by atoms with van der Waals surface area (Å²) in [6.07, 6.45) is 10.8. The van der Waals surface area contributed by atoms with Gasteiger partial charge in [-0.25, -0.2) is 3.97 Å². The van der Waals surface area contributed by atoms with E-state index in [9.17, 15) is 13.2 Å². The first-order chi connectivity index (χ1) is 18.4. The van der Waals surface area contributed by atoms with Crippen LogP contribution in [0.5, 0.6) is 0 Å². The number of nitrogens with zero attached hydrogens (tertiary/aromatic N) is 3. The van der Waals surface area contributed by atoms with Gasteiger partial charge in [0, 0.05) is 42.5 Å². The number of para-hydroxylation sites is 1. The van der Waals surface area contributed by atoms with Crippen LogP contribution in [-0.2, 0) is 21.5 Å². The van der Waals surface area contributed by atoms with Crippen molar-refractivity contribution >= 4 is 27.0 Å². The monoisotopic (exact) mass is 538 g/mol. The van der Waals surface area contributed by atoms with Crippen LogP contribution < -0.4 is 5.32 Å². The van der Waals surface area contributed by atoms with Gasteiger partial charge in [0.2, 0.25) is 0 Å². The first-order valence-electron chi connectivity index (χ1n) is 14.1. The van der Waals surface area contributed by atoms with E-state index >= 15 is 0 Å². The Kier molecular flexibility index (Phi) is 7.09. The van der Waals surface area contributed by atoms with Crippen molar-refractivity contribution in [2.75, 3.05) is 26.3 Å². The lowest BCUT2D eigenvalue weighted by molar-refractivity contribution is -0.00347. The van der Waals surface area contributed by atoms with Gasteiger partial charge in [-0.2, -0.15) is 12.7 Å². The van der Waals surface area contributed by atoms with Crippen LogP contribution in [0.25, 0.3) is 22.2 Å². The molecule has 2 aromatic heterocycles. The molecule has 3 aromatic rings. The quantitative estimate of drug-likeness (QED) is 0.472. The molecule has 38 heavy (non-hydrogen) atoms. The average molecular weight is 539 g/mol. The molecule has 204 valence electrons. The molecule has 8 nitrogen and oxygen atoms in total. The van der Waals surface area contributed by atoms with E-state index in [-0.39, 0.29) is 11.9 Å². The highest BCUT2D eigenvalue weighted by Gasteiger charge is 2.30. The molecule has 4 heterocycles. The first kappa shape index (κ1) is 25.6. The van der Waals surface area contributed by atoms with E-state index < -0.39 is 10.2 Å². The minimum atomic E-state index is -3.70. The van der Waals surface area contributed by atoms with Gasteiger partial charge in [0.1, 0.15) is 0 Å². The smallest absolute Gasteiger partial charge is 0.307 e. The number of nitrogens with one attached hydrogen (secondary N) is 1. The summed E-state index contributed by atoms with van der Waals surface area (Å²) in [6.45, 7) is 5.04. The Balaban J connectivity index is 1.46. The number of hydrogen-bond acceptors (Lipinski definition) is 4. The highest BCUT2D eigenvalue weighted by Crippen LogP contribution is 2.37. The number of benzene rings is 1. The van der Waals surface area contributed by atoms with Crippen molar-refractivity contribution in [1.29, 1.82) is 0 Å². The summed E-state index contributed by atoms with van der Waals surface area (Å²) in [4.78, 5) is 13.3. The van der Waals surface area contributed by atoms with Gasteiger partial charge >= 0.3 is 10.2 Å². The lowest BCUT2D eigenvalue weighted by atomic mass is 9.89. The number of carbonyl (C=O) groups is 1. The van der Waals surface area contributed by atoms with Crippen LogP contribution in [-0.4, -0.2) is 59.5 Å². The molecule has 1 saturated carbocycles. The number of ether oxygens (including phenoxy) is 1. The molecule has 0 atom stereocenters. The third kappa shape index (κ3) is 4.69. The molecule has 3 fully saturated rings. The SMILES string of the molecule is Cc1c(C(=O)NC2COC2)cc(-c2cn(S(=O)(=O)N3CCCCC3)c3ccccc23)n1CC1CCCCC1. The minimum Gasteiger partial charge on any atom is -0.377 e. The van der Waals surface area contributed by atoms with Crippen molar-refractivity contribution < 1.29 is 17.9 Å². The second kappa shape index (κ2) is 10.5. The Bertz CT molecular complexity index is 1420. The fourth-order valence-corrected chi connectivity index (χ4v) is 7.92. The van der Waals surface area contributed by atoms with Crippen molar-refractivity contribution in [3.8, 4) is 11.3 Å². The van der Waals surface area contributed by atoms with Gasteiger partial charge in [-0.15, -0.1) is 0 Å². The molecular weight excluding hydrogens is 500 g/mol. The zero-order chi connectivity index (χ0) is 26.3. The van der Waals surface area contributed by atoms with Crippen LogP contribution in [0.4, 0.5) is 0 Å². The van der Waals surface area contributed by atoms with Crippen LogP contribution in [0, 0.1) is 12.8 Å². The molecule has 0 bridgehead atoms. The van der Waals surface area contributed by atoms with Gasteiger partial charge in [0.15, 0.2) is 0 Å². The van der Waals surface area contributed by atoms with Crippen LogP contribution in [0.15, 0.2) is 36.5 Å². The molecular formula is C29H38N4O4S. The Labute approximate surface area is 225 Å². The predicted octanol–water partition coefficient (Wildman–Crippen LogP) is 4.71. The molecule has 9 heteroatoms. The molecule has 1 aromatic carbocycles. The summed E-state index contributed by atoms with van der Waals surface area (Å²) in [5.41, 5.74) is 4.02. The Hall–Kier alpha value is -2.62. The van der Waals surface area contributed by atoms with Crippen molar-refractivity contribution in [2.24, 2.45) is 5.92 Å². The fraction of sp³-hybridized carbons (Fsp3) is 0.552. The number of aromatic nitrogens is 2. The lowest BCUT2D eigenvalue weighted by Crippen LogP contribution is -2.48. The zero-order valence-corrected chi connectivity index (χ0v) is 23.0. The summed E-state index contributed by atoms with van der Waals surface area (Å²) in [5, 5.41) is 3.98. The maximum absolute atomic E-state index is 13.8. The van der Waals surface area contributed by atoms with Crippen LogP contribution in [0.3, 0.4) is 0 Å². The van der Waals surface area contributed by atoms with Crippen molar-refractivity contribution in [3.05, 3.63) is 47.8 Å². The molecule has 1 N–H and O–H groups in total. The van der Waals surface area contributed by atoms with E-state index in [1.54, 1.807) is 10.5 Å². The van der Waals surface area contributed by atoms with Crippen LogP contribution >= 0.6 is 0 Å². The number of amides is 1. The second-order valence-electron chi connectivity index (χ2n) is 11.2. The predicted molar refractivity (Wildman–Crippen MR) is 148 cm³/mol. The summed E-state index contributed by atoms with van der Waals surface area (Å²) < 4.78 is 38.2. The van der Waals surface area contributed by atoms with Crippen LogP contribution in [0.1, 0.15) is 67.4 Å². The van der Waals surface area contributed by atoms with Crippen LogP contribution in [0.2, 0.25) is 0 Å². The average Bonchev–Trinajstić information content (AvgIpc) is 3.46. The molecule has 0 spiro atoms. The molecule has 6 rings (SSSR count). The number of hydrogen-bond donors (Lipinski definition) is 1. The number of rotatable bonds is 7. The molecule has 3 aliphatic rings. The highest BCUT2D eigenvalue weighted by atomic mass is 32.2. The van der Waals surface area contributed by atoms with Crippen molar-refractivity contribution in [3.63, 3.8) is 0 Å². The summed E-state index contributed by atoms with van der Waals surface area (Å²) in [5.74, 6) is 0.457. The van der Waals surface area contributed by atoms with Crippen molar-refractivity contribution in [1.82, 2.24) is 18.2 Å². The zero-order valence-electron chi connectivity index (χ0n) is 22.2. The van der Waals surface area contributed by atoms with Crippen molar-refractivity contribution in [2.45, 2.75) is 70.9 Å². The Morgan fingerprint density at radius 2 is 1.74 bits per heavy atom. The van der Waals surface area contributed by atoms with E-state index in [1.165, 1.54) is 36.1 Å². The Morgan fingerprint density at radius 1 is 1.03 bits per heavy atom. The number of piperidine rings is 1. The van der Waals surface area contributed by atoms with Gasteiger partial charge in [-0.3, -0.25) is 4.79 Å².